The lowest BCUT2D eigenvalue weighted by molar-refractivity contribution is 0.130. The average molecular weight is 177 g/mol. The lowest BCUT2D eigenvalue weighted by Gasteiger charge is -2.14. The minimum Gasteiger partial charge on any atom is -0.391 e. The standard InChI is InChI=1S/C9H11N3O/c10-4-7-5-11-12(6-7)8-2-1-3-9(8)13/h5-6,8-9,13H,1-3H2. The molecule has 68 valence electrons. The summed E-state index contributed by atoms with van der Waals surface area (Å²) in [5.74, 6) is 0. The summed E-state index contributed by atoms with van der Waals surface area (Å²) in [6.07, 6.45) is 5.75. The minimum absolute atomic E-state index is 0.0714. The summed E-state index contributed by atoms with van der Waals surface area (Å²) in [6, 6.07) is 2.09. The van der Waals surface area contributed by atoms with E-state index in [1.807, 2.05) is 6.07 Å². The summed E-state index contributed by atoms with van der Waals surface area (Å²) in [6.45, 7) is 0. The predicted octanol–water partition coefficient (Wildman–Crippen LogP) is 0.841. The first-order chi connectivity index (χ1) is 6.31. The fourth-order valence-corrected chi connectivity index (χ4v) is 1.81. The quantitative estimate of drug-likeness (QED) is 0.691. The molecule has 0 radical (unpaired) electrons. The fourth-order valence-electron chi connectivity index (χ4n) is 1.81. The third-order valence-corrected chi connectivity index (χ3v) is 2.51. The van der Waals surface area contributed by atoms with Crippen molar-refractivity contribution in [2.24, 2.45) is 0 Å². The van der Waals surface area contributed by atoms with E-state index in [0.717, 1.165) is 19.3 Å². The van der Waals surface area contributed by atoms with Crippen LogP contribution in [0.1, 0.15) is 30.9 Å². The molecule has 0 bridgehead atoms. The number of aromatic nitrogens is 2. The van der Waals surface area contributed by atoms with Crippen molar-refractivity contribution in [1.82, 2.24) is 9.78 Å². The van der Waals surface area contributed by atoms with Crippen LogP contribution in [-0.2, 0) is 0 Å². The summed E-state index contributed by atoms with van der Waals surface area (Å²) in [5.41, 5.74) is 0.555. The second kappa shape index (κ2) is 3.19. The van der Waals surface area contributed by atoms with E-state index in [1.54, 1.807) is 10.9 Å². The van der Waals surface area contributed by atoms with Crippen molar-refractivity contribution < 1.29 is 5.11 Å². The molecule has 1 aliphatic carbocycles. The Morgan fingerprint density at radius 3 is 3.00 bits per heavy atom. The van der Waals surface area contributed by atoms with Crippen molar-refractivity contribution in [2.75, 3.05) is 0 Å². The molecule has 1 saturated carbocycles. The molecule has 2 rings (SSSR count). The van der Waals surface area contributed by atoms with E-state index < -0.39 is 0 Å². The number of rotatable bonds is 1. The van der Waals surface area contributed by atoms with E-state index >= 15 is 0 Å². The Labute approximate surface area is 76.4 Å². The van der Waals surface area contributed by atoms with Gasteiger partial charge in [-0.1, -0.05) is 0 Å². The number of nitrogens with zero attached hydrogens (tertiary/aromatic N) is 3. The molecule has 0 aromatic carbocycles. The van der Waals surface area contributed by atoms with Gasteiger partial charge < -0.3 is 5.11 Å². The number of hydrogen-bond donors (Lipinski definition) is 1. The first-order valence-electron chi connectivity index (χ1n) is 4.43. The molecular formula is C9H11N3O. The van der Waals surface area contributed by atoms with Crippen LogP contribution in [0.4, 0.5) is 0 Å². The van der Waals surface area contributed by atoms with Gasteiger partial charge in [0, 0.05) is 6.20 Å². The van der Waals surface area contributed by atoms with Crippen molar-refractivity contribution in [2.45, 2.75) is 31.4 Å². The molecule has 2 atom stereocenters. The van der Waals surface area contributed by atoms with E-state index in [4.69, 9.17) is 5.26 Å². The van der Waals surface area contributed by atoms with Gasteiger partial charge in [-0.05, 0) is 19.3 Å². The summed E-state index contributed by atoms with van der Waals surface area (Å²) >= 11 is 0. The van der Waals surface area contributed by atoms with Gasteiger partial charge in [0.1, 0.15) is 6.07 Å². The highest BCUT2D eigenvalue weighted by Crippen LogP contribution is 2.29. The molecule has 1 aromatic heterocycles. The van der Waals surface area contributed by atoms with Crippen LogP contribution >= 0.6 is 0 Å². The number of aliphatic hydroxyl groups is 1. The van der Waals surface area contributed by atoms with Gasteiger partial charge in [-0.2, -0.15) is 10.4 Å². The summed E-state index contributed by atoms with van der Waals surface area (Å²) in [4.78, 5) is 0. The summed E-state index contributed by atoms with van der Waals surface area (Å²) in [5, 5.41) is 22.2. The van der Waals surface area contributed by atoms with Crippen molar-refractivity contribution in [3.8, 4) is 6.07 Å². The van der Waals surface area contributed by atoms with E-state index in [2.05, 4.69) is 5.10 Å². The van der Waals surface area contributed by atoms with Crippen molar-refractivity contribution >= 4 is 0 Å². The van der Waals surface area contributed by atoms with E-state index in [1.165, 1.54) is 6.20 Å². The molecule has 2 unspecified atom stereocenters. The molecule has 4 nitrogen and oxygen atoms in total. The van der Waals surface area contributed by atoms with Crippen LogP contribution in [-0.4, -0.2) is 21.0 Å². The van der Waals surface area contributed by atoms with Gasteiger partial charge in [0.2, 0.25) is 0 Å². The average Bonchev–Trinajstić information content (AvgIpc) is 2.71. The van der Waals surface area contributed by atoms with E-state index in [-0.39, 0.29) is 12.1 Å². The van der Waals surface area contributed by atoms with Gasteiger partial charge in [0.15, 0.2) is 0 Å². The first kappa shape index (κ1) is 8.27. The third kappa shape index (κ3) is 1.43. The van der Waals surface area contributed by atoms with Gasteiger partial charge in [0.05, 0.1) is 23.9 Å². The highest BCUT2D eigenvalue weighted by Gasteiger charge is 2.27. The maximum absolute atomic E-state index is 9.58. The number of hydrogen-bond acceptors (Lipinski definition) is 3. The normalized spacial score (nSPS) is 27.4. The monoisotopic (exact) mass is 177 g/mol. The molecule has 13 heavy (non-hydrogen) atoms. The molecule has 0 amide bonds. The Morgan fingerprint density at radius 2 is 2.46 bits per heavy atom. The van der Waals surface area contributed by atoms with Crippen molar-refractivity contribution in [3.63, 3.8) is 0 Å². The Hall–Kier alpha value is -1.34. The lowest BCUT2D eigenvalue weighted by Crippen LogP contribution is -2.18. The van der Waals surface area contributed by atoms with Gasteiger partial charge in [-0.15, -0.1) is 0 Å². The second-order valence-corrected chi connectivity index (χ2v) is 3.39. The largest absolute Gasteiger partial charge is 0.391 e. The maximum atomic E-state index is 9.58. The Bertz CT molecular complexity index is 339. The SMILES string of the molecule is N#Cc1cnn(C2CCCC2O)c1. The lowest BCUT2D eigenvalue weighted by atomic mass is 10.2. The fraction of sp³-hybridized carbons (Fsp3) is 0.556. The maximum Gasteiger partial charge on any atom is 0.102 e. The molecule has 1 fully saturated rings. The summed E-state index contributed by atoms with van der Waals surface area (Å²) in [7, 11) is 0. The van der Waals surface area contributed by atoms with Crippen LogP contribution in [0.5, 0.6) is 0 Å². The van der Waals surface area contributed by atoms with Crippen LogP contribution in [0.3, 0.4) is 0 Å². The van der Waals surface area contributed by atoms with E-state index in [0.29, 0.717) is 5.56 Å². The first-order valence-corrected chi connectivity index (χ1v) is 4.43. The zero-order valence-corrected chi connectivity index (χ0v) is 7.22. The smallest absolute Gasteiger partial charge is 0.102 e. The molecule has 0 spiro atoms. The number of aliphatic hydroxyl groups excluding tert-OH is 1. The Morgan fingerprint density at radius 1 is 1.62 bits per heavy atom. The highest BCUT2D eigenvalue weighted by molar-refractivity contribution is 5.22. The second-order valence-electron chi connectivity index (χ2n) is 3.39. The Kier molecular flexibility index (Phi) is 2.03. The number of nitriles is 1. The molecule has 0 aliphatic heterocycles. The van der Waals surface area contributed by atoms with Crippen LogP contribution < -0.4 is 0 Å². The van der Waals surface area contributed by atoms with E-state index in [9.17, 15) is 5.11 Å². The molecule has 4 heteroatoms. The van der Waals surface area contributed by atoms with Crippen LogP contribution in [0.2, 0.25) is 0 Å². The molecule has 1 aromatic rings. The Balaban J connectivity index is 2.21. The highest BCUT2D eigenvalue weighted by atomic mass is 16.3. The molecule has 1 heterocycles. The summed E-state index contributed by atoms with van der Waals surface area (Å²) < 4.78 is 1.70. The van der Waals surface area contributed by atoms with Crippen LogP contribution in [0.15, 0.2) is 12.4 Å². The molecule has 0 saturated heterocycles. The molecule has 1 aliphatic rings. The van der Waals surface area contributed by atoms with Gasteiger partial charge >= 0.3 is 0 Å². The zero-order valence-electron chi connectivity index (χ0n) is 7.22. The van der Waals surface area contributed by atoms with Gasteiger partial charge in [0.25, 0.3) is 0 Å². The predicted molar refractivity (Wildman–Crippen MR) is 45.8 cm³/mol. The topological polar surface area (TPSA) is 61.8 Å². The van der Waals surface area contributed by atoms with Crippen molar-refractivity contribution in [1.29, 1.82) is 5.26 Å². The molecular weight excluding hydrogens is 166 g/mol. The minimum atomic E-state index is -0.300. The van der Waals surface area contributed by atoms with Crippen LogP contribution in [0, 0.1) is 11.3 Å². The van der Waals surface area contributed by atoms with Crippen molar-refractivity contribution in [3.05, 3.63) is 18.0 Å². The third-order valence-electron chi connectivity index (χ3n) is 2.51. The van der Waals surface area contributed by atoms with Gasteiger partial charge in [-0.3, -0.25) is 4.68 Å². The van der Waals surface area contributed by atoms with Gasteiger partial charge in [-0.25, -0.2) is 0 Å². The van der Waals surface area contributed by atoms with Crippen LogP contribution in [0.25, 0.3) is 0 Å². The molecule has 1 N–H and O–H groups in total. The zero-order chi connectivity index (χ0) is 9.26.